The lowest BCUT2D eigenvalue weighted by atomic mass is 10.0. The Labute approximate surface area is 157 Å². The third kappa shape index (κ3) is 4.30. The van der Waals surface area contributed by atoms with Crippen molar-refractivity contribution >= 4 is 17.5 Å². The molecule has 0 spiro atoms. The summed E-state index contributed by atoms with van der Waals surface area (Å²) in [7, 11) is 0. The molecular weight excluding hydrogens is 383 g/mol. The van der Waals surface area contributed by atoms with Crippen LogP contribution in [0, 0.1) is 13.8 Å². The molecule has 0 aliphatic rings. The highest BCUT2D eigenvalue weighted by Gasteiger charge is 2.45. The number of nitrogens with two attached hydrogens (primary N) is 1. The molecule has 0 unspecified atom stereocenters. The van der Waals surface area contributed by atoms with Crippen LogP contribution in [-0.4, -0.2) is 25.9 Å². The molecule has 142 valence electrons. The van der Waals surface area contributed by atoms with E-state index in [9.17, 15) is 13.2 Å². The van der Waals surface area contributed by atoms with E-state index in [2.05, 4.69) is 15.1 Å². The van der Waals surface area contributed by atoms with E-state index in [1.165, 1.54) is 10.7 Å². The molecule has 0 aliphatic carbocycles. The van der Waals surface area contributed by atoms with Crippen LogP contribution in [-0.2, 0) is 0 Å². The number of anilines is 1. The number of nitrogen functional groups attached to an aromatic ring is 1. The van der Waals surface area contributed by atoms with Crippen LogP contribution in [0.2, 0.25) is 5.15 Å². The summed E-state index contributed by atoms with van der Waals surface area (Å²) in [4.78, 5) is 7.29. The molecule has 2 aromatic heterocycles. The van der Waals surface area contributed by atoms with Gasteiger partial charge in [-0.05, 0) is 31.5 Å². The molecule has 0 aliphatic heterocycles. The molecule has 0 saturated heterocycles. The van der Waals surface area contributed by atoms with Crippen LogP contribution >= 0.6 is 11.6 Å². The predicted molar refractivity (Wildman–Crippen MR) is 93.9 cm³/mol. The normalized spacial score (nSPS) is 12.8. The highest BCUT2D eigenvalue weighted by Crippen LogP contribution is 2.39. The number of rotatable bonds is 4. The lowest BCUT2D eigenvalue weighted by Gasteiger charge is -2.24. The summed E-state index contributed by atoms with van der Waals surface area (Å²) < 4.78 is 48.0. The number of benzene rings is 1. The molecule has 0 radical (unpaired) electrons. The van der Waals surface area contributed by atoms with Crippen LogP contribution in [0.5, 0.6) is 5.88 Å². The molecular formula is C17H15ClF3N5O. The standard InChI is InChI=1S/C17H15ClF3N5O/c1-9-3-4-11(12(7-9)26-6-5-10(2)25-26)15(17(19,20)21)27-14-8-13(18)23-16(22)24-14/h3-8,15H,1-2H3,(H2,22,23,24)/t15-/m1/s1. The summed E-state index contributed by atoms with van der Waals surface area (Å²) in [6.07, 6.45) is -5.44. The van der Waals surface area contributed by atoms with Gasteiger partial charge in [-0.1, -0.05) is 23.7 Å². The van der Waals surface area contributed by atoms with Crippen LogP contribution in [0.25, 0.3) is 5.69 Å². The van der Waals surface area contributed by atoms with E-state index in [0.717, 1.165) is 11.6 Å². The zero-order valence-electron chi connectivity index (χ0n) is 14.3. The van der Waals surface area contributed by atoms with Crippen molar-refractivity contribution in [3.05, 3.63) is 58.5 Å². The van der Waals surface area contributed by atoms with E-state index < -0.39 is 12.3 Å². The highest BCUT2D eigenvalue weighted by molar-refractivity contribution is 6.29. The number of aromatic nitrogens is 4. The molecule has 3 aromatic rings. The van der Waals surface area contributed by atoms with Gasteiger partial charge in [0.05, 0.1) is 11.4 Å². The topological polar surface area (TPSA) is 78.9 Å². The average Bonchev–Trinajstić information content (AvgIpc) is 2.97. The Bertz CT molecular complexity index is 953. The van der Waals surface area contributed by atoms with Gasteiger partial charge in [-0.25, -0.2) is 9.67 Å². The fourth-order valence-electron chi connectivity index (χ4n) is 2.52. The van der Waals surface area contributed by atoms with E-state index >= 15 is 0 Å². The third-order valence-electron chi connectivity index (χ3n) is 3.66. The van der Waals surface area contributed by atoms with Gasteiger partial charge in [0, 0.05) is 17.8 Å². The molecule has 27 heavy (non-hydrogen) atoms. The first kappa shape index (κ1) is 19.0. The van der Waals surface area contributed by atoms with Crippen molar-refractivity contribution in [2.75, 3.05) is 5.73 Å². The second-order valence-corrected chi connectivity index (χ2v) is 6.28. The van der Waals surface area contributed by atoms with Crippen LogP contribution in [0.15, 0.2) is 36.5 Å². The van der Waals surface area contributed by atoms with Gasteiger partial charge in [0.15, 0.2) is 0 Å². The Balaban J connectivity index is 2.11. The number of hydrogen-bond donors (Lipinski definition) is 1. The second-order valence-electron chi connectivity index (χ2n) is 5.89. The van der Waals surface area contributed by atoms with Gasteiger partial charge in [0.25, 0.3) is 0 Å². The molecule has 2 N–H and O–H groups in total. The zero-order chi connectivity index (χ0) is 19.8. The molecule has 1 aromatic carbocycles. The minimum Gasteiger partial charge on any atom is -0.459 e. The fourth-order valence-corrected chi connectivity index (χ4v) is 2.70. The van der Waals surface area contributed by atoms with Gasteiger partial charge in [-0.2, -0.15) is 23.3 Å². The molecule has 2 heterocycles. The Morgan fingerprint density at radius 3 is 2.48 bits per heavy atom. The van der Waals surface area contributed by atoms with Crippen molar-refractivity contribution in [1.82, 2.24) is 19.7 Å². The minimum atomic E-state index is -4.72. The molecule has 0 amide bonds. The van der Waals surface area contributed by atoms with Crippen LogP contribution in [0.4, 0.5) is 19.1 Å². The van der Waals surface area contributed by atoms with Crippen molar-refractivity contribution in [3.63, 3.8) is 0 Å². The molecule has 0 saturated carbocycles. The van der Waals surface area contributed by atoms with E-state index in [1.807, 2.05) is 0 Å². The van der Waals surface area contributed by atoms with E-state index in [4.69, 9.17) is 22.1 Å². The Morgan fingerprint density at radius 1 is 1.15 bits per heavy atom. The largest absolute Gasteiger partial charge is 0.459 e. The first-order valence-corrected chi connectivity index (χ1v) is 8.18. The van der Waals surface area contributed by atoms with Gasteiger partial charge < -0.3 is 10.5 Å². The fraction of sp³-hybridized carbons (Fsp3) is 0.235. The van der Waals surface area contributed by atoms with Crippen molar-refractivity contribution in [2.45, 2.75) is 26.1 Å². The summed E-state index contributed by atoms with van der Waals surface area (Å²) in [5.41, 5.74) is 7.02. The molecule has 10 heteroatoms. The van der Waals surface area contributed by atoms with Gasteiger partial charge in [-0.3, -0.25) is 0 Å². The van der Waals surface area contributed by atoms with E-state index in [-0.39, 0.29) is 28.2 Å². The monoisotopic (exact) mass is 397 g/mol. The molecule has 1 atom stereocenters. The third-order valence-corrected chi connectivity index (χ3v) is 3.86. The maximum absolute atomic E-state index is 13.8. The Hall–Kier alpha value is -2.81. The Morgan fingerprint density at radius 2 is 1.89 bits per heavy atom. The maximum Gasteiger partial charge on any atom is 0.429 e. The summed E-state index contributed by atoms with van der Waals surface area (Å²) >= 11 is 5.74. The predicted octanol–water partition coefficient (Wildman–Crippen LogP) is 4.20. The SMILES string of the molecule is Cc1ccc([C@@H](Oc2cc(Cl)nc(N)n2)C(F)(F)F)c(-n2ccc(C)n2)c1. The molecule has 3 rings (SSSR count). The van der Waals surface area contributed by atoms with Gasteiger partial charge in [-0.15, -0.1) is 0 Å². The number of hydrogen-bond acceptors (Lipinski definition) is 5. The Kier molecular flexibility index (Phi) is 4.97. The smallest absolute Gasteiger partial charge is 0.429 e. The highest BCUT2D eigenvalue weighted by atomic mass is 35.5. The minimum absolute atomic E-state index is 0.120. The lowest BCUT2D eigenvalue weighted by Crippen LogP contribution is -2.28. The van der Waals surface area contributed by atoms with Gasteiger partial charge in [0.2, 0.25) is 17.9 Å². The number of halogens is 4. The van der Waals surface area contributed by atoms with Gasteiger partial charge >= 0.3 is 6.18 Å². The molecule has 6 nitrogen and oxygen atoms in total. The van der Waals surface area contributed by atoms with Crippen molar-refractivity contribution in [2.24, 2.45) is 0 Å². The van der Waals surface area contributed by atoms with Gasteiger partial charge in [0.1, 0.15) is 5.15 Å². The van der Waals surface area contributed by atoms with E-state index in [0.29, 0.717) is 5.69 Å². The quantitative estimate of drug-likeness (QED) is 0.667. The zero-order valence-corrected chi connectivity index (χ0v) is 15.1. The van der Waals surface area contributed by atoms with E-state index in [1.54, 1.807) is 38.2 Å². The first-order valence-electron chi connectivity index (χ1n) is 7.80. The average molecular weight is 398 g/mol. The summed E-state index contributed by atoms with van der Waals surface area (Å²) in [6.45, 7) is 3.52. The van der Waals surface area contributed by atoms with Crippen LogP contribution in [0.1, 0.15) is 22.9 Å². The van der Waals surface area contributed by atoms with Crippen molar-refractivity contribution < 1.29 is 17.9 Å². The summed E-state index contributed by atoms with van der Waals surface area (Å²) in [5.74, 6) is -0.664. The number of nitrogens with zero attached hydrogens (tertiary/aromatic N) is 4. The summed E-state index contributed by atoms with van der Waals surface area (Å²) in [5, 5.41) is 4.09. The number of alkyl halides is 3. The lowest BCUT2D eigenvalue weighted by molar-refractivity contribution is -0.198. The summed E-state index contributed by atoms with van der Waals surface area (Å²) in [6, 6.07) is 7.29. The number of aryl methyl sites for hydroxylation is 2. The van der Waals surface area contributed by atoms with Crippen molar-refractivity contribution in [3.8, 4) is 11.6 Å². The van der Waals surface area contributed by atoms with Crippen molar-refractivity contribution in [1.29, 1.82) is 0 Å². The first-order chi connectivity index (χ1) is 12.6. The van der Waals surface area contributed by atoms with Crippen LogP contribution < -0.4 is 10.5 Å². The maximum atomic E-state index is 13.8. The number of ether oxygens (including phenoxy) is 1. The molecule has 0 bridgehead atoms. The second kappa shape index (κ2) is 7.07. The molecule has 0 fully saturated rings. The van der Waals surface area contributed by atoms with Crippen LogP contribution in [0.3, 0.4) is 0 Å².